The van der Waals surface area contributed by atoms with Crippen LogP contribution in [0.3, 0.4) is 0 Å². The van der Waals surface area contributed by atoms with E-state index < -0.39 is 15.8 Å². The molecule has 1 aromatic rings. The van der Waals surface area contributed by atoms with Gasteiger partial charge in [-0.05, 0) is 18.2 Å². The van der Waals surface area contributed by atoms with Crippen molar-refractivity contribution < 1.29 is 17.5 Å². The fraction of sp³-hybridized carbons (Fsp3) is 0.400. The minimum absolute atomic E-state index is 0.0721. The highest BCUT2D eigenvalue weighted by Gasteiger charge is 2.11. The second-order valence-electron chi connectivity index (χ2n) is 3.37. The first-order valence-corrected chi connectivity index (χ1v) is 7.29. The minimum atomic E-state index is -3.43. The Bertz CT molecular complexity index is 478. The molecule has 0 spiro atoms. The highest BCUT2D eigenvalue weighted by molar-refractivity contribution is 9.10. The summed E-state index contributed by atoms with van der Waals surface area (Å²) in [6.07, 6.45) is 0. The summed E-state index contributed by atoms with van der Waals surface area (Å²) in [6.45, 7) is 0.0353. The SMILES string of the molecule is COCCS(=O)(=O)NCc1cc(Br)ccc1F. The Morgan fingerprint density at radius 1 is 1.47 bits per heavy atom. The van der Waals surface area contributed by atoms with E-state index in [-0.39, 0.29) is 18.9 Å². The number of rotatable bonds is 6. The highest BCUT2D eigenvalue weighted by Crippen LogP contribution is 2.15. The molecule has 1 rings (SSSR count). The molecule has 0 amide bonds. The molecule has 0 fully saturated rings. The summed E-state index contributed by atoms with van der Waals surface area (Å²) < 4.78 is 43.9. The predicted molar refractivity (Wildman–Crippen MR) is 66.6 cm³/mol. The Hall–Kier alpha value is -0.500. The fourth-order valence-electron chi connectivity index (χ4n) is 1.13. The van der Waals surface area contributed by atoms with Crippen molar-refractivity contribution >= 4 is 26.0 Å². The number of nitrogens with one attached hydrogen (secondary N) is 1. The van der Waals surface area contributed by atoms with E-state index in [0.717, 1.165) is 0 Å². The third-order valence-electron chi connectivity index (χ3n) is 2.05. The molecule has 0 heterocycles. The van der Waals surface area contributed by atoms with Crippen molar-refractivity contribution in [2.75, 3.05) is 19.5 Å². The summed E-state index contributed by atoms with van der Waals surface area (Å²) in [7, 11) is -2.01. The van der Waals surface area contributed by atoms with Crippen molar-refractivity contribution in [3.05, 3.63) is 34.1 Å². The van der Waals surface area contributed by atoms with Crippen molar-refractivity contribution in [3.8, 4) is 0 Å². The van der Waals surface area contributed by atoms with E-state index >= 15 is 0 Å². The molecular weight excluding hydrogens is 313 g/mol. The molecule has 0 aliphatic heterocycles. The molecule has 96 valence electrons. The normalized spacial score (nSPS) is 11.7. The van der Waals surface area contributed by atoms with Crippen LogP contribution in [-0.2, 0) is 21.3 Å². The Morgan fingerprint density at radius 2 is 2.18 bits per heavy atom. The first-order valence-electron chi connectivity index (χ1n) is 4.85. The van der Waals surface area contributed by atoms with Gasteiger partial charge in [0.2, 0.25) is 10.0 Å². The number of benzene rings is 1. The van der Waals surface area contributed by atoms with Crippen molar-refractivity contribution in [2.24, 2.45) is 0 Å². The lowest BCUT2D eigenvalue weighted by atomic mass is 10.2. The molecule has 1 aromatic carbocycles. The number of ether oxygens (including phenoxy) is 1. The third kappa shape index (κ3) is 5.12. The first-order chi connectivity index (χ1) is 7.94. The van der Waals surface area contributed by atoms with Crippen LogP contribution in [0.4, 0.5) is 4.39 Å². The topological polar surface area (TPSA) is 55.4 Å². The molecule has 0 bridgehead atoms. The van der Waals surface area contributed by atoms with Crippen LogP contribution in [0.1, 0.15) is 5.56 Å². The van der Waals surface area contributed by atoms with Gasteiger partial charge in [0.15, 0.2) is 0 Å². The largest absolute Gasteiger partial charge is 0.384 e. The van der Waals surface area contributed by atoms with Gasteiger partial charge in [-0.2, -0.15) is 0 Å². The summed E-state index contributed by atoms with van der Waals surface area (Å²) in [5.41, 5.74) is 0.292. The van der Waals surface area contributed by atoms with Gasteiger partial charge in [0.1, 0.15) is 5.82 Å². The van der Waals surface area contributed by atoms with Crippen molar-refractivity contribution in [1.82, 2.24) is 4.72 Å². The Kier molecular flexibility index (Phi) is 5.51. The molecule has 0 unspecified atom stereocenters. The van der Waals surface area contributed by atoms with Crippen LogP contribution in [-0.4, -0.2) is 27.9 Å². The van der Waals surface area contributed by atoms with Gasteiger partial charge in [0.25, 0.3) is 0 Å². The number of hydrogen-bond donors (Lipinski definition) is 1. The van der Waals surface area contributed by atoms with E-state index in [1.54, 1.807) is 6.07 Å². The van der Waals surface area contributed by atoms with Gasteiger partial charge in [-0.3, -0.25) is 0 Å². The van der Waals surface area contributed by atoms with E-state index in [1.807, 2.05) is 0 Å². The predicted octanol–water partition coefficient (Wildman–Crippen LogP) is 1.65. The van der Waals surface area contributed by atoms with Gasteiger partial charge in [-0.15, -0.1) is 0 Å². The molecule has 7 heteroatoms. The van der Waals surface area contributed by atoms with Gasteiger partial charge in [-0.1, -0.05) is 15.9 Å². The summed E-state index contributed by atoms with van der Waals surface area (Å²) in [4.78, 5) is 0. The zero-order valence-electron chi connectivity index (χ0n) is 9.24. The monoisotopic (exact) mass is 325 g/mol. The van der Waals surface area contributed by atoms with E-state index in [4.69, 9.17) is 0 Å². The molecule has 4 nitrogen and oxygen atoms in total. The first kappa shape index (κ1) is 14.6. The maximum atomic E-state index is 13.3. The maximum absolute atomic E-state index is 13.3. The second kappa shape index (κ2) is 6.44. The van der Waals surface area contributed by atoms with E-state index in [9.17, 15) is 12.8 Å². The molecule has 0 atom stereocenters. The highest BCUT2D eigenvalue weighted by atomic mass is 79.9. The lowest BCUT2D eigenvalue weighted by Gasteiger charge is -2.07. The van der Waals surface area contributed by atoms with Crippen LogP contribution in [0, 0.1) is 5.82 Å². The van der Waals surface area contributed by atoms with Crippen molar-refractivity contribution in [1.29, 1.82) is 0 Å². The quantitative estimate of drug-likeness (QED) is 0.865. The summed E-state index contributed by atoms with van der Waals surface area (Å²) in [6, 6.07) is 4.37. The molecule has 0 aromatic heterocycles. The molecule has 0 radical (unpaired) electrons. The summed E-state index contributed by atoms with van der Waals surface area (Å²) >= 11 is 3.19. The van der Waals surface area contributed by atoms with Gasteiger partial charge in [0.05, 0.1) is 12.4 Å². The maximum Gasteiger partial charge on any atom is 0.214 e. The Morgan fingerprint density at radius 3 is 2.82 bits per heavy atom. The smallest absolute Gasteiger partial charge is 0.214 e. The lowest BCUT2D eigenvalue weighted by molar-refractivity contribution is 0.217. The van der Waals surface area contributed by atoms with Gasteiger partial charge in [0, 0.05) is 23.7 Å². The number of halogens is 2. The van der Waals surface area contributed by atoms with Gasteiger partial charge < -0.3 is 4.74 Å². The average Bonchev–Trinajstić information content (AvgIpc) is 2.28. The molecule has 0 saturated carbocycles. The molecule has 17 heavy (non-hydrogen) atoms. The summed E-state index contributed by atoms with van der Waals surface area (Å²) in [5, 5.41) is 0. The van der Waals surface area contributed by atoms with E-state index in [2.05, 4.69) is 25.4 Å². The number of methoxy groups -OCH3 is 1. The molecular formula is C10H13BrFNO3S. The lowest BCUT2D eigenvalue weighted by Crippen LogP contribution is -2.28. The van der Waals surface area contributed by atoms with Crippen LogP contribution in [0.2, 0.25) is 0 Å². The van der Waals surface area contributed by atoms with E-state index in [0.29, 0.717) is 10.0 Å². The van der Waals surface area contributed by atoms with Gasteiger partial charge >= 0.3 is 0 Å². The zero-order valence-corrected chi connectivity index (χ0v) is 11.6. The Labute approximate surface area is 108 Å². The summed E-state index contributed by atoms with van der Waals surface area (Å²) in [5.74, 6) is -0.582. The third-order valence-corrected chi connectivity index (χ3v) is 3.83. The number of hydrogen-bond acceptors (Lipinski definition) is 3. The standard InChI is InChI=1S/C10H13BrFNO3S/c1-16-4-5-17(14,15)13-7-8-6-9(11)2-3-10(8)12/h2-3,6,13H,4-5,7H2,1H3. The van der Waals surface area contributed by atoms with Gasteiger partial charge in [-0.25, -0.2) is 17.5 Å². The van der Waals surface area contributed by atoms with Crippen LogP contribution in [0.15, 0.2) is 22.7 Å². The molecule has 0 saturated heterocycles. The van der Waals surface area contributed by atoms with Crippen LogP contribution >= 0.6 is 15.9 Å². The molecule has 0 aliphatic rings. The molecule has 1 N–H and O–H groups in total. The fourth-order valence-corrected chi connectivity index (χ4v) is 2.45. The van der Waals surface area contributed by atoms with E-state index in [1.165, 1.54) is 19.2 Å². The van der Waals surface area contributed by atoms with Crippen LogP contribution in [0.5, 0.6) is 0 Å². The molecule has 0 aliphatic carbocycles. The average molecular weight is 326 g/mol. The van der Waals surface area contributed by atoms with Crippen LogP contribution < -0.4 is 4.72 Å². The second-order valence-corrected chi connectivity index (χ2v) is 6.21. The zero-order chi connectivity index (χ0) is 12.9. The Balaban J connectivity index is 2.64. The minimum Gasteiger partial charge on any atom is -0.384 e. The van der Waals surface area contributed by atoms with Crippen molar-refractivity contribution in [2.45, 2.75) is 6.54 Å². The van der Waals surface area contributed by atoms with Crippen LogP contribution in [0.25, 0.3) is 0 Å². The van der Waals surface area contributed by atoms with Crippen molar-refractivity contribution in [3.63, 3.8) is 0 Å². The number of sulfonamides is 1.